The van der Waals surface area contributed by atoms with E-state index in [0.29, 0.717) is 6.54 Å². The van der Waals surface area contributed by atoms with Crippen LogP contribution < -0.4 is 5.32 Å². The molecule has 2 atom stereocenters. The number of carboxylic acid groups (broad SMARTS) is 1. The molecule has 2 amide bonds. The van der Waals surface area contributed by atoms with Gasteiger partial charge in [-0.2, -0.15) is 0 Å². The normalized spacial score (nSPS) is 22.6. The summed E-state index contributed by atoms with van der Waals surface area (Å²) < 4.78 is 5.24. The topological polar surface area (TPSA) is 78.9 Å². The molecule has 1 fully saturated rings. The Morgan fingerprint density at radius 3 is 2.35 bits per heavy atom. The molecule has 2 unspecified atom stereocenters. The van der Waals surface area contributed by atoms with Crippen molar-refractivity contribution in [1.82, 2.24) is 10.2 Å². The Balaban J connectivity index is 2.79. The second kappa shape index (κ2) is 6.92. The van der Waals surface area contributed by atoms with Crippen molar-refractivity contribution in [2.75, 3.05) is 19.8 Å². The van der Waals surface area contributed by atoms with Gasteiger partial charge >= 0.3 is 12.0 Å². The van der Waals surface area contributed by atoms with Crippen molar-refractivity contribution in [2.24, 2.45) is 5.92 Å². The summed E-state index contributed by atoms with van der Waals surface area (Å²) >= 11 is 0. The first-order valence-electron chi connectivity index (χ1n) is 7.27. The zero-order valence-corrected chi connectivity index (χ0v) is 12.8. The van der Waals surface area contributed by atoms with E-state index in [1.54, 1.807) is 4.90 Å². The van der Waals surface area contributed by atoms with Crippen molar-refractivity contribution in [3.05, 3.63) is 0 Å². The van der Waals surface area contributed by atoms with Crippen molar-refractivity contribution in [3.8, 4) is 0 Å². The van der Waals surface area contributed by atoms with E-state index in [1.807, 2.05) is 27.7 Å². The van der Waals surface area contributed by atoms with Crippen LogP contribution in [0.2, 0.25) is 0 Å². The van der Waals surface area contributed by atoms with Crippen molar-refractivity contribution >= 4 is 12.0 Å². The van der Waals surface area contributed by atoms with E-state index in [1.165, 1.54) is 0 Å². The van der Waals surface area contributed by atoms with Crippen LogP contribution in [0.4, 0.5) is 4.79 Å². The molecule has 0 aromatic rings. The second-order valence-corrected chi connectivity index (χ2v) is 5.53. The molecular formula is C14H26N2O4. The van der Waals surface area contributed by atoms with Crippen LogP contribution in [0.3, 0.4) is 0 Å². The summed E-state index contributed by atoms with van der Waals surface area (Å²) in [5.74, 6) is -1.55. The molecule has 6 heteroatoms. The number of rotatable bonds is 6. The lowest BCUT2D eigenvalue weighted by molar-refractivity contribution is -0.142. The molecule has 0 radical (unpaired) electrons. The lowest BCUT2D eigenvalue weighted by Crippen LogP contribution is -2.56. The van der Waals surface area contributed by atoms with Crippen LogP contribution in [0, 0.1) is 5.92 Å². The molecule has 1 aliphatic heterocycles. The van der Waals surface area contributed by atoms with Gasteiger partial charge in [-0.15, -0.1) is 0 Å². The van der Waals surface area contributed by atoms with Gasteiger partial charge in [0.25, 0.3) is 0 Å². The third-order valence-corrected chi connectivity index (χ3v) is 4.34. The minimum atomic E-state index is -0.910. The van der Waals surface area contributed by atoms with Crippen LogP contribution in [0.15, 0.2) is 0 Å². The number of carboxylic acids is 1. The van der Waals surface area contributed by atoms with E-state index in [0.717, 1.165) is 12.8 Å². The van der Waals surface area contributed by atoms with Gasteiger partial charge in [0.15, 0.2) is 0 Å². The van der Waals surface area contributed by atoms with E-state index < -0.39 is 17.9 Å². The number of ether oxygens (including phenoxy) is 1. The molecule has 0 spiro atoms. The molecule has 1 heterocycles. The predicted octanol–water partition coefficient (Wildman–Crippen LogP) is 1.70. The molecule has 20 heavy (non-hydrogen) atoms. The highest BCUT2D eigenvalue weighted by Gasteiger charge is 2.40. The van der Waals surface area contributed by atoms with E-state index in [2.05, 4.69) is 5.32 Å². The molecule has 6 nitrogen and oxygen atoms in total. The maximum atomic E-state index is 12.4. The fourth-order valence-corrected chi connectivity index (χ4v) is 2.37. The number of likely N-dealkylation sites (N-methyl/N-ethyl adjacent to an activating group) is 1. The molecule has 0 aromatic heterocycles. The van der Waals surface area contributed by atoms with E-state index in [-0.39, 0.29) is 24.8 Å². The number of urea groups is 1. The molecule has 1 saturated heterocycles. The Morgan fingerprint density at radius 1 is 1.30 bits per heavy atom. The molecule has 0 aliphatic carbocycles. The second-order valence-electron chi connectivity index (χ2n) is 5.53. The minimum absolute atomic E-state index is 0.169. The maximum absolute atomic E-state index is 12.4. The zero-order valence-electron chi connectivity index (χ0n) is 12.8. The summed E-state index contributed by atoms with van der Waals surface area (Å²) in [6, 6.07) is -0.601. The van der Waals surface area contributed by atoms with Gasteiger partial charge in [0, 0.05) is 12.1 Å². The largest absolute Gasteiger partial charge is 0.481 e. The molecule has 2 N–H and O–H groups in total. The van der Waals surface area contributed by atoms with Crippen LogP contribution in [-0.2, 0) is 9.53 Å². The number of nitrogens with zero attached hydrogens (tertiary/aromatic N) is 1. The number of hydrogen-bond acceptors (Lipinski definition) is 3. The van der Waals surface area contributed by atoms with Gasteiger partial charge in [0.1, 0.15) is 5.92 Å². The number of carbonyl (C=O) groups is 2. The van der Waals surface area contributed by atoms with Gasteiger partial charge in [-0.25, -0.2) is 4.79 Å². The van der Waals surface area contributed by atoms with Gasteiger partial charge in [-0.3, -0.25) is 4.79 Å². The summed E-state index contributed by atoms with van der Waals surface area (Å²) in [6.07, 6.45) is 1.66. The highest BCUT2D eigenvalue weighted by atomic mass is 16.5. The van der Waals surface area contributed by atoms with Gasteiger partial charge in [-0.05, 0) is 26.7 Å². The fourth-order valence-electron chi connectivity index (χ4n) is 2.37. The third kappa shape index (κ3) is 3.62. The Labute approximate surface area is 120 Å². The summed E-state index contributed by atoms with van der Waals surface area (Å²) in [7, 11) is 0. The van der Waals surface area contributed by atoms with Crippen LogP contribution in [-0.4, -0.2) is 53.3 Å². The number of hydrogen-bond donors (Lipinski definition) is 2. The Bertz CT molecular complexity index is 355. The van der Waals surface area contributed by atoms with Crippen LogP contribution in [0.25, 0.3) is 0 Å². The maximum Gasteiger partial charge on any atom is 0.318 e. The summed E-state index contributed by atoms with van der Waals surface area (Å²) in [5.41, 5.74) is -0.261. The number of nitrogens with one attached hydrogen (secondary N) is 1. The first-order valence-corrected chi connectivity index (χ1v) is 7.27. The first kappa shape index (κ1) is 16.8. The van der Waals surface area contributed by atoms with E-state index in [4.69, 9.17) is 4.74 Å². The molecular weight excluding hydrogens is 260 g/mol. The molecule has 1 aliphatic rings. The molecule has 0 saturated carbocycles. The van der Waals surface area contributed by atoms with Gasteiger partial charge < -0.3 is 20.1 Å². The van der Waals surface area contributed by atoms with E-state index in [9.17, 15) is 14.7 Å². The lowest BCUT2D eigenvalue weighted by Gasteiger charge is -2.35. The standard InChI is InChI=1S/C14H26N2O4/c1-5-14(4,6-2)15-13(19)16(7-3)11-9-20-8-10(11)12(17)18/h10-11H,5-9H2,1-4H3,(H,15,19)(H,17,18). The van der Waals surface area contributed by atoms with Crippen molar-refractivity contribution in [2.45, 2.75) is 52.1 Å². The zero-order chi connectivity index (χ0) is 15.3. The SMILES string of the molecule is CCN(C(=O)NC(C)(CC)CC)C1COCC1C(=O)O. The molecule has 116 valence electrons. The van der Waals surface area contributed by atoms with Crippen molar-refractivity contribution < 1.29 is 19.4 Å². The van der Waals surface area contributed by atoms with Gasteiger partial charge in [0.2, 0.25) is 0 Å². The van der Waals surface area contributed by atoms with Crippen LogP contribution in [0.5, 0.6) is 0 Å². The summed E-state index contributed by atoms with van der Waals surface area (Å²) in [5, 5.41) is 12.2. The van der Waals surface area contributed by atoms with E-state index >= 15 is 0 Å². The Morgan fingerprint density at radius 2 is 1.90 bits per heavy atom. The number of carbonyl (C=O) groups excluding carboxylic acids is 1. The summed E-state index contributed by atoms with van der Waals surface area (Å²) in [4.78, 5) is 25.2. The third-order valence-electron chi connectivity index (χ3n) is 4.34. The molecule has 1 rings (SSSR count). The van der Waals surface area contributed by atoms with Crippen molar-refractivity contribution in [3.63, 3.8) is 0 Å². The lowest BCUT2D eigenvalue weighted by atomic mass is 9.95. The monoisotopic (exact) mass is 286 g/mol. The highest BCUT2D eigenvalue weighted by molar-refractivity contribution is 5.77. The average molecular weight is 286 g/mol. The molecule has 0 aromatic carbocycles. The number of aliphatic carboxylic acids is 1. The smallest absolute Gasteiger partial charge is 0.318 e. The predicted molar refractivity (Wildman–Crippen MR) is 75.6 cm³/mol. The quantitative estimate of drug-likeness (QED) is 0.779. The van der Waals surface area contributed by atoms with Crippen LogP contribution in [0.1, 0.15) is 40.5 Å². The van der Waals surface area contributed by atoms with Crippen LogP contribution >= 0.6 is 0 Å². The first-order chi connectivity index (χ1) is 9.38. The van der Waals surface area contributed by atoms with Crippen molar-refractivity contribution in [1.29, 1.82) is 0 Å². The molecule has 0 bridgehead atoms. The number of amides is 2. The van der Waals surface area contributed by atoms with Gasteiger partial charge in [-0.1, -0.05) is 13.8 Å². The average Bonchev–Trinajstić information content (AvgIpc) is 2.88. The fraction of sp³-hybridized carbons (Fsp3) is 0.857. The highest BCUT2D eigenvalue weighted by Crippen LogP contribution is 2.21. The summed E-state index contributed by atoms with van der Waals surface area (Å²) in [6.45, 7) is 8.82. The Kier molecular flexibility index (Phi) is 5.80. The minimum Gasteiger partial charge on any atom is -0.481 e. The van der Waals surface area contributed by atoms with Gasteiger partial charge in [0.05, 0.1) is 19.3 Å². The Hall–Kier alpha value is -1.30.